The summed E-state index contributed by atoms with van der Waals surface area (Å²) in [6, 6.07) is 16.5. The molecule has 0 saturated heterocycles. The average molecular weight is 372 g/mol. The van der Waals surface area contributed by atoms with Gasteiger partial charge >= 0.3 is 0 Å². The van der Waals surface area contributed by atoms with Crippen molar-refractivity contribution in [3.8, 4) is 0 Å². The second kappa shape index (κ2) is 7.60. The molecule has 26 heavy (non-hydrogen) atoms. The number of hydrogen-bond acceptors (Lipinski definition) is 3. The Morgan fingerprint density at radius 1 is 1.00 bits per heavy atom. The molecule has 0 heterocycles. The van der Waals surface area contributed by atoms with E-state index in [4.69, 9.17) is 5.14 Å². The number of primary sulfonamides is 1. The third kappa shape index (κ3) is 3.97. The number of carbonyl (C=O) groups excluding carboxylic acids is 1. The van der Waals surface area contributed by atoms with Crippen molar-refractivity contribution in [1.82, 2.24) is 5.32 Å². The molecular weight excluding hydrogens is 348 g/mol. The van der Waals surface area contributed by atoms with E-state index >= 15 is 0 Å². The minimum atomic E-state index is -3.67. The minimum Gasteiger partial charge on any atom is -0.355 e. The van der Waals surface area contributed by atoms with Crippen LogP contribution in [0.1, 0.15) is 36.8 Å². The van der Waals surface area contributed by atoms with E-state index in [2.05, 4.69) is 5.32 Å². The highest BCUT2D eigenvalue weighted by atomic mass is 32.2. The topological polar surface area (TPSA) is 89.3 Å². The Labute approximate surface area is 154 Å². The monoisotopic (exact) mass is 372 g/mol. The van der Waals surface area contributed by atoms with Gasteiger partial charge in [-0.25, -0.2) is 13.6 Å². The van der Waals surface area contributed by atoms with Gasteiger partial charge in [-0.2, -0.15) is 0 Å². The number of hydrogen-bond donors (Lipinski definition) is 2. The molecule has 0 aromatic heterocycles. The van der Waals surface area contributed by atoms with Crippen LogP contribution in [0.15, 0.2) is 59.5 Å². The fourth-order valence-corrected chi connectivity index (χ4v) is 4.23. The Hall–Kier alpha value is -2.18. The molecule has 1 amide bonds. The van der Waals surface area contributed by atoms with Crippen molar-refractivity contribution in [2.24, 2.45) is 5.14 Å². The number of carbonyl (C=O) groups is 1. The Bertz CT molecular complexity index is 856. The summed E-state index contributed by atoms with van der Waals surface area (Å²) in [5.74, 6) is 0.0855. The lowest BCUT2D eigenvalue weighted by molar-refractivity contribution is -0.126. The summed E-state index contributed by atoms with van der Waals surface area (Å²) in [4.78, 5) is 13.0. The summed E-state index contributed by atoms with van der Waals surface area (Å²) in [5, 5.41) is 8.18. The number of amides is 1. The summed E-state index contributed by atoms with van der Waals surface area (Å²) in [6.07, 6.45) is 4.54. The largest absolute Gasteiger partial charge is 0.355 e. The van der Waals surface area contributed by atoms with Gasteiger partial charge in [0.2, 0.25) is 15.9 Å². The van der Waals surface area contributed by atoms with Gasteiger partial charge in [0.05, 0.1) is 10.3 Å². The smallest absolute Gasteiger partial charge is 0.238 e. The van der Waals surface area contributed by atoms with Gasteiger partial charge in [0.15, 0.2) is 0 Å². The van der Waals surface area contributed by atoms with Crippen LogP contribution in [0.25, 0.3) is 0 Å². The molecule has 2 aromatic rings. The van der Waals surface area contributed by atoms with Crippen LogP contribution in [0.4, 0.5) is 0 Å². The lowest BCUT2D eigenvalue weighted by Gasteiger charge is -2.28. The quantitative estimate of drug-likeness (QED) is 0.816. The van der Waals surface area contributed by atoms with Crippen molar-refractivity contribution in [2.75, 3.05) is 6.54 Å². The minimum absolute atomic E-state index is 0.0855. The van der Waals surface area contributed by atoms with Gasteiger partial charge in [-0.05, 0) is 42.5 Å². The Kier molecular flexibility index (Phi) is 5.44. The first kappa shape index (κ1) is 18.6. The Balaban J connectivity index is 1.63. The van der Waals surface area contributed by atoms with Crippen molar-refractivity contribution in [2.45, 2.75) is 42.4 Å². The number of nitrogens with two attached hydrogens (primary N) is 1. The molecule has 1 aliphatic rings. The first-order valence-corrected chi connectivity index (χ1v) is 10.4. The number of rotatable bonds is 6. The summed E-state index contributed by atoms with van der Waals surface area (Å²) >= 11 is 0. The summed E-state index contributed by atoms with van der Waals surface area (Å²) in [7, 11) is -3.67. The maximum atomic E-state index is 12.9. The molecule has 0 atom stereocenters. The standard InChI is InChI=1S/C20H24N2O3S/c21-26(24,25)18-10-8-16(9-11-18)12-15-22-19(23)20(13-4-5-14-20)17-6-2-1-3-7-17/h1-3,6-11H,4-5,12-15H2,(H,22,23)(H2,21,24,25). The van der Waals surface area contributed by atoms with E-state index in [0.717, 1.165) is 36.8 Å². The maximum Gasteiger partial charge on any atom is 0.238 e. The predicted octanol–water partition coefficient (Wildman–Crippen LogP) is 2.50. The van der Waals surface area contributed by atoms with Crippen molar-refractivity contribution in [3.63, 3.8) is 0 Å². The van der Waals surface area contributed by atoms with Crippen LogP contribution in [-0.4, -0.2) is 20.9 Å². The van der Waals surface area contributed by atoms with Gasteiger partial charge in [0.1, 0.15) is 0 Å². The molecule has 0 bridgehead atoms. The lowest BCUT2D eigenvalue weighted by atomic mass is 9.78. The Morgan fingerprint density at radius 3 is 2.19 bits per heavy atom. The van der Waals surface area contributed by atoms with Crippen molar-refractivity contribution < 1.29 is 13.2 Å². The van der Waals surface area contributed by atoms with Crippen LogP contribution in [0.3, 0.4) is 0 Å². The van der Waals surface area contributed by atoms with Crippen LogP contribution >= 0.6 is 0 Å². The van der Waals surface area contributed by atoms with E-state index < -0.39 is 15.4 Å². The molecular formula is C20H24N2O3S. The molecule has 138 valence electrons. The number of sulfonamides is 1. The zero-order chi connectivity index (χ0) is 18.6. The third-order valence-corrected chi connectivity index (χ3v) is 6.10. The van der Waals surface area contributed by atoms with Crippen LogP contribution in [0, 0.1) is 0 Å². The molecule has 0 aliphatic heterocycles. The highest BCUT2D eigenvalue weighted by molar-refractivity contribution is 7.89. The highest BCUT2D eigenvalue weighted by Crippen LogP contribution is 2.41. The van der Waals surface area contributed by atoms with Crippen molar-refractivity contribution in [3.05, 3.63) is 65.7 Å². The van der Waals surface area contributed by atoms with E-state index in [0.29, 0.717) is 13.0 Å². The highest BCUT2D eigenvalue weighted by Gasteiger charge is 2.42. The molecule has 1 aliphatic carbocycles. The normalized spacial score (nSPS) is 16.3. The van der Waals surface area contributed by atoms with Gasteiger partial charge in [-0.3, -0.25) is 4.79 Å². The third-order valence-electron chi connectivity index (χ3n) is 5.17. The average Bonchev–Trinajstić information content (AvgIpc) is 3.13. The van der Waals surface area contributed by atoms with Crippen molar-refractivity contribution >= 4 is 15.9 Å². The lowest BCUT2D eigenvalue weighted by Crippen LogP contribution is -2.43. The van der Waals surface area contributed by atoms with Gasteiger partial charge in [-0.15, -0.1) is 0 Å². The van der Waals surface area contributed by atoms with E-state index in [1.165, 1.54) is 12.1 Å². The molecule has 6 heteroatoms. The Morgan fingerprint density at radius 2 is 1.62 bits per heavy atom. The first-order valence-electron chi connectivity index (χ1n) is 8.87. The zero-order valence-electron chi connectivity index (χ0n) is 14.6. The van der Waals surface area contributed by atoms with Gasteiger partial charge in [0.25, 0.3) is 0 Å². The molecule has 3 rings (SSSR count). The first-order chi connectivity index (χ1) is 12.4. The zero-order valence-corrected chi connectivity index (χ0v) is 15.5. The van der Waals surface area contributed by atoms with E-state index in [1.807, 2.05) is 30.3 Å². The second-order valence-corrected chi connectivity index (χ2v) is 8.41. The van der Waals surface area contributed by atoms with Crippen LogP contribution < -0.4 is 10.5 Å². The maximum absolute atomic E-state index is 12.9. The molecule has 0 radical (unpaired) electrons. The fourth-order valence-electron chi connectivity index (χ4n) is 3.72. The van der Waals surface area contributed by atoms with Crippen LogP contribution in [0.2, 0.25) is 0 Å². The SMILES string of the molecule is NS(=O)(=O)c1ccc(CCNC(=O)C2(c3ccccc3)CCCC2)cc1. The van der Waals surface area contributed by atoms with Crippen LogP contribution in [-0.2, 0) is 26.7 Å². The van der Waals surface area contributed by atoms with Gasteiger partial charge in [0, 0.05) is 6.54 Å². The summed E-state index contributed by atoms with van der Waals surface area (Å²) in [5.41, 5.74) is 1.63. The molecule has 3 N–H and O–H groups in total. The fraction of sp³-hybridized carbons (Fsp3) is 0.350. The van der Waals surface area contributed by atoms with Crippen molar-refractivity contribution in [1.29, 1.82) is 0 Å². The number of nitrogens with one attached hydrogen (secondary N) is 1. The molecule has 0 spiro atoms. The van der Waals surface area contributed by atoms with Crippen LogP contribution in [0.5, 0.6) is 0 Å². The van der Waals surface area contributed by atoms with E-state index in [1.54, 1.807) is 12.1 Å². The van der Waals surface area contributed by atoms with Gasteiger partial charge < -0.3 is 5.32 Å². The summed E-state index contributed by atoms with van der Waals surface area (Å²) < 4.78 is 22.6. The molecule has 2 aromatic carbocycles. The van der Waals surface area contributed by atoms with E-state index in [9.17, 15) is 13.2 Å². The van der Waals surface area contributed by atoms with Gasteiger partial charge in [-0.1, -0.05) is 55.3 Å². The predicted molar refractivity (Wildman–Crippen MR) is 101 cm³/mol. The molecule has 0 unspecified atom stereocenters. The second-order valence-electron chi connectivity index (χ2n) is 6.85. The molecule has 1 fully saturated rings. The summed E-state index contributed by atoms with van der Waals surface area (Å²) in [6.45, 7) is 0.516. The molecule has 1 saturated carbocycles. The van der Waals surface area contributed by atoms with E-state index in [-0.39, 0.29) is 10.8 Å². The number of benzene rings is 2. The molecule has 5 nitrogen and oxygen atoms in total.